The summed E-state index contributed by atoms with van der Waals surface area (Å²) in [6, 6.07) is 0. The Morgan fingerprint density at radius 2 is 2.50 bits per heavy atom. The van der Waals surface area contributed by atoms with E-state index >= 15 is 0 Å². The second-order valence-corrected chi connectivity index (χ2v) is 2.27. The van der Waals surface area contributed by atoms with E-state index in [1.807, 2.05) is 0 Å². The predicted octanol–water partition coefficient (Wildman–Crippen LogP) is -1.53. The number of ether oxygens (including phenoxy) is 1. The quantitative estimate of drug-likeness (QED) is 0.353. The predicted molar refractivity (Wildman–Crippen MR) is 36.7 cm³/mol. The molecule has 1 atom stereocenters. The summed E-state index contributed by atoms with van der Waals surface area (Å²) in [5, 5.41) is 9.08. The minimum absolute atomic E-state index is 0.737. The van der Waals surface area contributed by atoms with Crippen molar-refractivity contribution in [2.24, 2.45) is 5.84 Å². The second kappa shape index (κ2) is 5.54. The molecule has 0 aliphatic rings. The smallest absolute Gasteiger partial charge is 0.146 e. The summed E-state index contributed by atoms with van der Waals surface area (Å²) in [5.41, 5.74) is 0. The average Bonchev–Trinajstić information content (AvgIpc) is 1.66. The molecule has 0 amide bonds. The number of nitrogens with two attached hydrogens (primary N) is 1. The van der Waals surface area contributed by atoms with Gasteiger partial charge in [0.2, 0.25) is 0 Å². The molecule has 50 valence electrons. The van der Waals surface area contributed by atoms with E-state index < -0.39 is 26.5 Å². The maximum Gasteiger partial charge on any atom is 0.146 e. The maximum atomic E-state index is 9.83. The number of methoxy groups -OCH3 is 1. The molecule has 0 fully saturated rings. The third-order valence-electron chi connectivity index (χ3n) is 0.246. The van der Waals surface area contributed by atoms with Crippen molar-refractivity contribution in [3.8, 4) is 0 Å². The Kier molecular flexibility index (Phi) is 5.81. The van der Waals surface area contributed by atoms with Gasteiger partial charge in [0.1, 0.15) is 21.1 Å². The molecule has 8 heavy (non-hydrogen) atoms. The van der Waals surface area contributed by atoms with E-state index in [4.69, 9.17) is 0 Å². The zero-order valence-electron chi connectivity index (χ0n) is 4.26. The highest BCUT2D eigenvalue weighted by Crippen LogP contribution is 1.86. The van der Waals surface area contributed by atoms with Gasteiger partial charge in [-0.05, 0) is 0 Å². The Bertz CT molecular complexity index is 75.7. The Morgan fingerprint density at radius 1 is 1.88 bits per heavy atom. The first kappa shape index (κ1) is 8.40. The van der Waals surface area contributed by atoms with Crippen LogP contribution in [-0.2, 0) is 7.90 Å². The van der Waals surface area contributed by atoms with Gasteiger partial charge in [-0.15, -0.1) is 14.3 Å². The summed E-state index contributed by atoms with van der Waals surface area (Å²) in [6.07, 6.45) is 0. The van der Waals surface area contributed by atoms with E-state index in [0.29, 0.717) is 0 Å². The summed E-state index contributed by atoms with van der Waals surface area (Å²) < 4.78 is 10.3. The van der Waals surface area contributed by atoms with Crippen LogP contribution in [0.25, 0.3) is 0 Å². The molecule has 0 saturated carbocycles. The zero-order chi connectivity index (χ0) is 6.41. The molecule has 0 rings (SSSR count). The summed E-state index contributed by atoms with van der Waals surface area (Å²) >= 11 is -0.737. The Labute approximate surface area is 57.2 Å². The van der Waals surface area contributed by atoms with E-state index in [9.17, 15) is 5.21 Å². The van der Waals surface area contributed by atoms with E-state index in [-0.39, 0.29) is 0 Å². The van der Waals surface area contributed by atoms with E-state index in [1.165, 1.54) is 11.3 Å². The molecular formula is C2H7IN2O3. The van der Waals surface area contributed by atoms with Crippen LogP contribution in [0.5, 0.6) is 0 Å². The van der Waals surface area contributed by atoms with E-state index in [1.54, 1.807) is 0 Å². The number of halogens is 1. The first-order valence-electron chi connectivity index (χ1n) is 1.71. The van der Waals surface area contributed by atoms with Gasteiger partial charge in [0, 0.05) is 7.11 Å². The minimum Gasteiger partial charge on any atom is -0.579 e. The van der Waals surface area contributed by atoms with E-state index in [2.05, 4.69) is 13.7 Å². The lowest BCUT2D eigenvalue weighted by molar-refractivity contribution is -1.02. The zero-order valence-corrected chi connectivity index (χ0v) is 6.41. The molecule has 0 heterocycles. The van der Waals surface area contributed by atoms with Gasteiger partial charge in [-0.25, -0.2) is 0 Å². The van der Waals surface area contributed by atoms with Gasteiger partial charge in [0.15, 0.2) is 0 Å². The van der Waals surface area contributed by atoms with Crippen LogP contribution in [0.3, 0.4) is 0 Å². The van der Waals surface area contributed by atoms with Crippen LogP contribution < -0.4 is 11.2 Å². The van der Waals surface area contributed by atoms with Crippen molar-refractivity contribution in [3.05, 3.63) is 5.21 Å². The molecule has 0 saturated heterocycles. The number of hydrogen-bond acceptors (Lipinski definition) is 4. The van der Waals surface area contributed by atoms with Gasteiger partial charge in [-0.2, -0.15) is 0 Å². The van der Waals surface area contributed by atoms with Crippen molar-refractivity contribution in [3.63, 3.8) is 0 Å². The molecule has 5 nitrogen and oxygen atoms in total. The molecule has 1 unspecified atom stereocenters. The van der Waals surface area contributed by atoms with Crippen LogP contribution in [0.2, 0.25) is 0 Å². The van der Waals surface area contributed by atoms with Crippen LogP contribution in [-0.4, -0.2) is 11.3 Å². The average molecular weight is 234 g/mol. The largest absolute Gasteiger partial charge is 0.579 e. The summed E-state index contributed by atoms with van der Waals surface area (Å²) in [7, 11) is 1.49. The van der Waals surface area contributed by atoms with E-state index in [0.717, 1.165) is 0 Å². The van der Waals surface area contributed by atoms with Gasteiger partial charge in [-0.3, -0.25) is 0 Å². The molecular weight excluding hydrogens is 227 g/mol. The van der Waals surface area contributed by atoms with Gasteiger partial charge in [0.25, 0.3) is 0 Å². The van der Waals surface area contributed by atoms with Crippen LogP contribution in [0.15, 0.2) is 0 Å². The highest BCUT2D eigenvalue weighted by atomic mass is 127. The summed E-state index contributed by atoms with van der Waals surface area (Å²) in [5.74, 6) is 4.62. The van der Waals surface area contributed by atoms with Crippen molar-refractivity contribution in [2.75, 3.05) is 7.11 Å². The molecule has 0 bridgehead atoms. The summed E-state index contributed by atoms with van der Waals surface area (Å²) in [4.78, 5) is 0. The standard InChI is InChI=1S/C2H7IN2O3/c1-7-2-3-8-5(4)6/h2,5H,4H2,1H3. The molecule has 3 N–H and O–H groups in total. The van der Waals surface area contributed by atoms with Crippen LogP contribution in [0.4, 0.5) is 0 Å². The molecule has 6 heteroatoms. The fourth-order valence-corrected chi connectivity index (χ4v) is 0.660. The maximum absolute atomic E-state index is 9.83. The number of hydrogen-bond donors (Lipinski definition) is 2. The molecule has 0 spiro atoms. The van der Waals surface area contributed by atoms with Crippen LogP contribution >= 0.6 is 21.1 Å². The van der Waals surface area contributed by atoms with Gasteiger partial charge >= 0.3 is 0 Å². The molecule has 0 aliphatic carbocycles. The van der Waals surface area contributed by atoms with Crippen molar-refractivity contribution in [1.82, 2.24) is 0 Å². The SMILES string of the molecule is COC=IO[NH+](N)[O-]. The molecule has 0 aromatic heterocycles. The first-order chi connectivity index (χ1) is 3.77. The molecule has 0 aromatic carbocycles. The lowest BCUT2D eigenvalue weighted by Crippen LogP contribution is -3.11. The van der Waals surface area contributed by atoms with Gasteiger partial charge < -0.3 is 9.94 Å². The van der Waals surface area contributed by atoms with Crippen molar-refractivity contribution < 1.29 is 13.2 Å². The number of quaternary nitrogens is 1. The van der Waals surface area contributed by atoms with Gasteiger partial charge in [0.05, 0.1) is 4.20 Å². The van der Waals surface area contributed by atoms with Crippen LogP contribution in [0.1, 0.15) is 0 Å². The fourth-order valence-electron chi connectivity index (χ4n) is 0.0985. The minimum atomic E-state index is -0.744. The van der Waals surface area contributed by atoms with Crippen molar-refractivity contribution >= 4 is 25.3 Å². The third-order valence-corrected chi connectivity index (χ3v) is 1.65. The highest BCUT2D eigenvalue weighted by Gasteiger charge is 1.78. The first-order valence-corrected chi connectivity index (χ1v) is 3.84. The van der Waals surface area contributed by atoms with Gasteiger partial charge in [-0.1, -0.05) is 0 Å². The number of nitrogens with one attached hydrogen (secondary N) is 1. The summed E-state index contributed by atoms with van der Waals surface area (Å²) in [6.45, 7) is 0. The highest BCUT2D eigenvalue weighted by molar-refractivity contribution is 14.2. The Balaban J connectivity index is 3.03. The second-order valence-electron chi connectivity index (χ2n) is 0.810. The lowest BCUT2D eigenvalue weighted by atomic mass is 11.6. The Morgan fingerprint density at radius 3 is 2.88 bits per heavy atom. The lowest BCUT2D eigenvalue weighted by Gasteiger charge is -2.06. The van der Waals surface area contributed by atoms with Crippen molar-refractivity contribution in [2.45, 2.75) is 0 Å². The van der Waals surface area contributed by atoms with Crippen LogP contribution in [0, 0.1) is 5.21 Å². The number of rotatable bonds is 3. The third kappa shape index (κ3) is 6.40. The monoisotopic (exact) mass is 234 g/mol. The Hall–Kier alpha value is 0.400. The topological polar surface area (TPSA) is 72.0 Å². The molecule has 0 aliphatic heterocycles. The molecule has 0 radical (unpaired) electrons. The normalized spacial score (nSPS) is 15.9. The molecule has 0 aromatic rings. The fraction of sp³-hybridized carbons (Fsp3) is 0.500. The van der Waals surface area contributed by atoms with Crippen molar-refractivity contribution in [1.29, 1.82) is 0 Å².